The third kappa shape index (κ3) is 2.66. The summed E-state index contributed by atoms with van der Waals surface area (Å²) in [5.74, 6) is 0. The van der Waals surface area contributed by atoms with Crippen molar-refractivity contribution in [1.29, 1.82) is 0 Å². The zero-order chi connectivity index (χ0) is 13.0. The van der Waals surface area contributed by atoms with Crippen LogP contribution in [0.4, 0.5) is 0 Å². The highest BCUT2D eigenvalue weighted by Gasteiger charge is 2.25. The molecule has 0 spiro atoms. The van der Waals surface area contributed by atoms with Gasteiger partial charge in [0, 0.05) is 17.9 Å². The molecule has 0 aliphatic heterocycles. The van der Waals surface area contributed by atoms with Gasteiger partial charge in [-0.05, 0) is 56.8 Å². The van der Waals surface area contributed by atoms with Crippen molar-refractivity contribution < 1.29 is 4.79 Å². The lowest BCUT2D eigenvalue weighted by atomic mass is 9.92. The molecular formula is C15H24N2O. The van der Waals surface area contributed by atoms with Gasteiger partial charge < -0.3 is 4.90 Å². The molecule has 0 N–H and O–H groups in total. The summed E-state index contributed by atoms with van der Waals surface area (Å²) >= 11 is 0. The SMILES string of the molecule is CCCN(CCC)[C@@H]1CCc2c(ccn2C=O)C1. The molecule has 0 amide bonds. The van der Waals surface area contributed by atoms with E-state index in [4.69, 9.17) is 0 Å². The lowest BCUT2D eigenvalue weighted by Gasteiger charge is -2.34. The van der Waals surface area contributed by atoms with E-state index in [0.717, 1.165) is 19.3 Å². The highest BCUT2D eigenvalue weighted by atomic mass is 16.1. The molecule has 1 aliphatic rings. The van der Waals surface area contributed by atoms with E-state index in [-0.39, 0.29) is 0 Å². The molecular weight excluding hydrogens is 224 g/mol. The second-order valence-electron chi connectivity index (χ2n) is 5.23. The van der Waals surface area contributed by atoms with Gasteiger partial charge in [-0.2, -0.15) is 0 Å². The zero-order valence-electron chi connectivity index (χ0n) is 11.6. The molecule has 0 fully saturated rings. The number of carbonyl (C=O) groups is 1. The van der Waals surface area contributed by atoms with E-state index < -0.39 is 0 Å². The molecule has 1 atom stereocenters. The van der Waals surface area contributed by atoms with Crippen LogP contribution in [0, 0.1) is 0 Å². The molecule has 2 rings (SSSR count). The quantitative estimate of drug-likeness (QED) is 0.723. The maximum absolute atomic E-state index is 10.9. The summed E-state index contributed by atoms with van der Waals surface area (Å²) in [5.41, 5.74) is 2.60. The van der Waals surface area contributed by atoms with Gasteiger partial charge in [-0.3, -0.25) is 9.36 Å². The molecule has 0 radical (unpaired) electrons. The van der Waals surface area contributed by atoms with E-state index in [9.17, 15) is 4.79 Å². The third-order valence-corrected chi connectivity index (χ3v) is 3.94. The minimum atomic E-state index is 0.667. The molecule has 1 aromatic heterocycles. The summed E-state index contributed by atoms with van der Waals surface area (Å²) in [5, 5.41) is 0. The third-order valence-electron chi connectivity index (χ3n) is 3.94. The van der Waals surface area contributed by atoms with Crippen LogP contribution in [-0.4, -0.2) is 35.0 Å². The average molecular weight is 248 g/mol. The Kier molecular flexibility index (Phi) is 4.59. The molecule has 1 heterocycles. The molecule has 100 valence electrons. The van der Waals surface area contributed by atoms with Crippen LogP contribution in [0.2, 0.25) is 0 Å². The highest BCUT2D eigenvalue weighted by Crippen LogP contribution is 2.25. The predicted octanol–water partition coefficient (Wildman–Crippen LogP) is 2.51. The van der Waals surface area contributed by atoms with E-state index in [1.54, 1.807) is 4.57 Å². The van der Waals surface area contributed by atoms with Crippen LogP contribution < -0.4 is 0 Å². The summed E-state index contributed by atoms with van der Waals surface area (Å²) in [6.45, 7) is 6.89. The molecule has 3 heteroatoms. The first-order valence-corrected chi connectivity index (χ1v) is 7.18. The lowest BCUT2D eigenvalue weighted by Crippen LogP contribution is -2.40. The fourth-order valence-electron chi connectivity index (χ4n) is 3.12. The van der Waals surface area contributed by atoms with Crippen LogP contribution >= 0.6 is 0 Å². The molecule has 0 aromatic carbocycles. The zero-order valence-corrected chi connectivity index (χ0v) is 11.6. The molecule has 0 saturated heterocycles. The van der Waals surface area contributed by atoms with Crippen molar-refractivity contribution in [1.82, 2.24) is 9.47 Å². The minimum Gasteiger partial charge on any atom is -0.300 e. The van der Waals surface area contributed by atoms with Crippen molar-refractivity contribution in [3.63, 3.8) is 0 Å². The topological polar surface area (TPSA) is 25.2 Å². The standard InChI is InChI=1S/C15H24N2O/c1-3-8-16(9-4-2)14-5-6-15-13(11-14)7-10-17(15)12-18/h7,10,12,14H,3-6,8-9,11H2,1-2H3/t14-/m1/s1. The van der Waals surface area contributed by atoms with Gasteiger partial charge in [0.2, 0.25) is 6.41 Å². The highest BCUT2D eigenvalue weighted by molar-refractivity contribution is 5.55. The van der Waals surface area contributed by atoms with Crippen molar-refractivity contribution in [3.05, 3.63) is 23.5 Å². The van der Waals surface area contributed by atoms with Crippen LogP contribution in [0.3, 0.4) is 0 Å². The molecule has 0 bridgehead atoms. The first kappa shape index (κ1) is 13.3. The molecule has 3 nitrogen and oxygen atoms in total. The Labute approximate surface area is 110 Å². The van der Waals surface area contributed by atoms with Crippen molar-refractivity contribution in [2.24, 2.45) is 0 Å². The number of aromatic nitrogens is 1. The van der Waals surface area contributed by atoms with E-state index in [2.05, 4.69) is 24.8 Å². The van der Waals surface area contributed by atoms with Gasteiger partial charge >= 0.3 is 0 Å². The normalized spacial score (nSPS) is 18.9. The summed E-state index contributed by atoms with van der Waals surface area (Å²) in [6, 6.07) is 2.78. The maximum Gasteiger partial charge on any atom is 0.217 e. The van der Waals surface area contributed by atoms with E-state index in [1.165, 1.54) is 43.6 Å². The Balaban J connectivity index is 2.08. The van der Waals surface area contributed by atoms with Crippen LogP contribution in [0.25, 0.3) is 0 Å². The van der Waals surface area contributed by atoms with Crippen molar-refractivity contribution in [2.75, 3.05) is 13.1 Å². The van der Waals surface area contributed by atoms with E-state index in [1.807, 2.05) is 6.20 Å². The van der Waals surface area contributed by atoms with Crippen molar-refractivity contribution in [3.8, 4) is 0 Å². The van der Waals surface area contributed by atoms with Gasteiger partial charge in [-0.25, -0.2) is 0 Å². The number of fused-ring (bicyclic) bond motifs is 1. The number of hydrogen-bond donors (Lipinski definition) is 0. The molecule has 0 saturated carbocycles. The Morgan fingerprint density at radius 3 is 2.72 bits per heavy atom. The first-order chi connectivity index (χ1) is 8.80. The maximum atomic E-state index is 10.9. The van der Waals surface area contributed by atoms with Gasteiger partial charge in [0.25, 0.3) is 0 Å². The van der Waals surface area contributed by atoms with E-state index >= 15 is 0 Å². The first-order valence-electron chi connectivity index (χ1n) is 7.18. The Morgan fingerprint density at radius 1 is 1.39 bits per heavy atom. The van der Waals surface area contributed by atoms with Crippen LogP contribution in [0.15, 0.2) is 12.3 Å². The number of nitrogens with zero attached hydrogens (tertiary/aromatic N) is 2. The smallest absolute Gasteiger partial charge is 0.217 e. The lowest BCUT2D eigenvalue weighted by molar-refractivity contribution is 0.179. The van der Waals surface area contributed by atoms with Gasteiger partial charge in [-0.15, -0.1) is 0 Å². The Morgan fingerprint density at radius 2 is 2.11 bits per heavy atom. The van der Waals surface area contributed by atoms with Gasteiger partial charge in [-0.1, -0.05) is 13.8 Å². The number of hydrogen-bond acceptors (Lipinski definition) is 2. The number of carbonyl (C=O) groups excluding carboxylic acids is 1. The van der Waals surface area contributed by atoms with Crippen LogP contribution in [0.1, 0.15) is 44.4 Å². The van der Waals surface area contributed by atoms with Gasteiger partial charge in [0.15, 0.2) is 0 Å². The predicted molar refractivity (Wildman–Crippen MR) is 74.5 cm³/mol. The Hall–Kier alpha value is -1.09. The van der Waals surface area contributed by atoms with E-state index in [0.29, 0.717) is 6.04 Å². The second-order valence-corrected chi connectivity index (χ2v) is 5.23. The molecule has 1 aliphatic carbocycles. The minimum absolute atomic E-state index is 0.667. The van der Waals surface area contributed by atoms with Gasteiger partial charge in [0.05, 0.1) is 0 Å². The van der Waals surface area contributed by atoms with Crippen LogP contribution in [-0.2, 0) is 17.6 Å². The molecule has 0 unspecified atom stereocenters. The Bertz CT molecular complexity index is 391. The molecule has 1 aromatic rings. The summed E-state index contributed by atoms with van der Waals surface area (Å²) < 4.78 is 1.75. The van der Waals surface area contributed by atoms with Crippen molar-refractivity contribution >= 4 is 6.41 Å². The summed E-state index contributed by atoms with van der Waals surface area (Å²) in [7, 11) is 0. The average Bonchev–Trinajstić information content (AvgIpc) is 2.80. The summed E-state index contributed by atoms with van der Waals surface area (Å²) in [6.07, 6.45) is 8.60. The fraction of sp³-hybridized carbons (Fsp3) is 0.667. The van der Waals surface area contributed by atoms with Crippen LogP contribution in [0.5, 0.6) is 0 Å². The monoisotopic (exact) mass is 248 g/mol. The summed E-state index contributed by atoms with van der Waals surface area (Å²) in [4.78, 5) is 13.5. The largest absolute Gasteiger partial charge is 0.300 e. The second kappa shape index (κ2) is 6.19. The fourth-order valence-corrected chi connectivity index (χ4v) is 3.12. The molecule has 18 heavy (non-hydrogen) atoms. The number of rotatable bonds is 6. The van der Waals surface area contributed by atoms with Gasteiger partial charge in [0.1, 0.15) is 0 Å². The van der Waals surface area contributed by atoms with Crippen molar-refractivity contribution in [2.45, 2.75) is 52.0 Å².